The minimum atomic E-state index is -5.05. The van der Waals surface area contributed by atoms with Gasteiger partial charge in [0.25, 0.3) is 0 Å². The molecule has 1 N–H and O–H groups in total. The number of nitrogens with zero attached hydrogens (tertiary/aromatic N) is 2. The van der Waals surface area contributed by atoms with Crippen molar-refractivity contribution in [1.82, 2.24) is 9.80 Å². The van der Waals surface area contributed by atoms with E-state index in [2.05, 4.69) is 0 Å². The van der Waals surface area contributed by atoms with Crippen molar-refractivity contribution in [3.05, 3.63) is 70.8 Å². The predicted octanol–water partition coefficient (Wildman–Crippen LogP) is 5.61. The van der Waals surface area contributed by atoms with Crippen molar-refractivity contribution in [3.63, 3.8) is 0 Å². The molecule has 1 saturated heterocycles. The molecule has 190 valence electrons. The molecule has 0 unspecified atom stereocenters. The highest BCUT2D eigenvalue weighted by Crippen LogP contribution is 2.40. The van der Waals surface area contributed by atoms with E-state index in [0.29, 0.717) is 12.1 Å². The van der Waals surface area contributed by atoms with E-state index in [4.69, 9.17) is 0 Å². The molecule has 1 fully saturated rings. The molecule has 1 aliphatic rings. The Hall–Kier alpha value is -3.24. The van der Waals surface area contributed by atoms with E-state index in [1.54, 1.807) is 30.3 Å². The first-order valence-corrected chi connectivity index (χ1v) is 10.6. The number of amides is 2. The number of benzene rings is 2. The van der Waals surface area contributed by atoms with Gasteiger partial charge in [0.15, 0.2) is 0 Å². The van der Waals surface area contributed by atoms with Crippen molar-refractivity contribution in [2.45, 2.75) is 43.6 Å². The number of carbonyl (C=O) groups is 2. The fourth-order valence-corrected chi connectivity index (χ4v) is 4.39. The van der Waals surface area contributed by atoms with Gasteiger partial charge < -0.3 is 14.9 Å². The summed E-state index contributed by atoms with van der Waals surface area (Å²) in [5.74, 6) is -1.16. The SMILES string of the molecule is CN(C(=O)C(C)(C)c1cc(C(F)(F)F)cc(C(F)(F)F)c1)[C@@H]1CN(C(=O)O)C[C@H]1c1ccccc1. The average Bonchev–Trinajstić information content (AvgIpc) is 3.23. The summed E-state index contributed by atoms with van der Waals surface area (Å²) in [6, 6.07) is 9.26. The first-order chi connectivity index (χ1) is 16.0. The van der Waals surface area contributed by atoms with Crippen LogP contribution < -0.4 is 0 Å². The summed E-state index contributed by atoms with van der Waals surface area (Å²) < 4.78 is 80.2. The number of hydrogen-bond acceptors (Lipinski definition) is 2. The largest absolute Gasteiger partial charge is 0.465 e. The minimum absolute atomic E-state index is 0.0148. The highest BCUT2D eigenvalue weighted by Gasteiger charge is 2.45. The zero-order chi connectivity index (χ0) is 26.3. The molecule has 0 saturated carbocycles. The first-order valence-electron chi connectivity index (χ1n) is 10.6. The Morgan fingerprint density at radius 1 is 0.886 bits per heavy atom. The summed E-state index contributed by atoms with van der Waals surface area (Å²) in [6.45, 7) is 2.54. The molecule has 1 heterocycles. The van der Waals surface area contributed by atoms with Crippen LogP contribution in [0.3, 0.4) is 0 Å². The fourth-order valence-electron chi connectivity index (χ4n) is 4.39. The second kappa shape index (κ2) is 9.09. The Bertz CT molecular complexity index is 1070. The quantitative estimate of drug-likeness (QED) is 0.554. The van der Waals surface area contributed by atoms with Crippen LogP contribution in [0.15, 0.2) is 48.5 Å². The number of carbonyl (C=O) groups excluding carboxylic acids is 1. The van der Waals surface area contributed by atoms with Crippen LogP contribution in [0.1, 0.15) is 42.0 Å². The van der Waals surface area contributed by atoms with Gasteiger partial charge in [-0.05, 0) is 43.2 Å². The van der Waals surface area contributed by atoms with Crippen LogP contribution in [-0.2, 0) is 22.6 Å². The van der Waals surface area contributed by atoms with E-state index in [1.807, 2.05) is 0 Å². The molecule has 2 aromatic rings. The van der Waals surface area contributed by atoms with E-state index in [1.165, 1.54) is 25.8 Å². The van der Waals surface area contributed by atoms with Crippen LogP contribution in [-0.4, -0.2) is 53.1 Å². The van der Waals surface area contributed by atoms with Crippen molar-refractivity contribution < 1.29 is 41.0 Å². The van der Waals surface area contributed by atoms with Crippen molar-refractivity contribution in [3.8, 4) is 0 Å². The Morgan fingerprint density at radius 3 is 1.83 bits per heavy atom. The molecule has 0 aliphatic carbocycles. The summed E-state index contributed by atoms with van der Waals surface area (Å²) in [5, 5.41) is 9.48. The Morgan fingerprint density at radius 2 is 1.37 bits per heavy atom. The monoisotopic (exact) mass is 502 g/mol. The van der Waals surface area contributed by atoms with E-state index in [0.717, 1.165) is 10.5 Å². The van der Waals surface area contributed by atoms with Crippen molar-refractivity contribution in [1.29, 1.82) is 0 Å². The number of hydrogen-bond donors (Lipinski definition) is 1. The number of likely N-dealkylation sites (tertiary alicyclic amines) is 1. The standard InChI is InChI=1S/C24H24F6N2O3/c1-22(2,15-9-16(23(25,26)27)11-17(10-15)24(28,29)30)20(33)31(3)19-13-32(21(34)35)12-18(19)14-7-5-4-6-8-14/h4-11,18-19H,12-13H2,1-3H3,(H,34,35)/t18-,19+/m0/s1. The summed E-state index contributed by atoms with van der Waals surface area (Å²) in [6.07, 6.45) is -11.3. The Kier molecular flexibility index (Phi) is 6.84. The second-order valence-electron chi connectivity index (χ2n) is 9.11. The van der Waals surface area contributed by atoms with Gasteiger partial charge in [-0.1, -0.05) is 30.3 Å². The number of likely N-dealkylation sites (N-methyl/N-ethyl adjacent to an activating group) is 1. The van der Waals surface area contributed by atoms with Crippen LogP contribution in [0.4, 0.5) is 31.1 Å². The highest BCUT2D eigenvalue weighted by molar-refractivity contribution is 5.88. The lowest BCUT2D eigenvalue weighted by Gasteiger charge is -2.36. The average molecular weight is 502 g/mol. The Labute approximate surface area is 197 Å². The maximum absolute atomic E-state index is 13.5. The summed E-state index contributed by atoms with van der Waals surface area (Å²) >= 11 is 0. The van der Waals surface area contributed by atoms with Crippen LogP contribution >= 0.6 is 0 Å². The molecule has 1 aliphatic heterocycles. The molecule has 11 heteroatoms. The zero-order valence-electron chi connectivity index (χ0n) is 19.1. The lowest BCUT2D eigenvalue weighted by molar-refractivity contribution is -0.144. The van der Waals surface area contributed by atoms with Gasteiger partial charge in [0.1, 0.15) is 0 Å². The fraction of sp³-hybridized carbons (Fsp3) is 0.417. The van der Waals surface area contributed by atoms with Crippen LogP contribution in [0.5, 0.6) is 0 Å². The number of rotatable bonds is 4. The number of alkyl halides is 6. The van der Waals surface area contributed by atoms with Gasteiger partial charge in [-0.15, -0.1) is 0 Å². The third-order valence-corrected chi connectivity index (χ3v) is 6.45. The number of carboxylic acid groups (broad SMARTS) is 1. The van der Waals surface area contributed by atoms with E-state index in [-0.39, 0.29) is 19.2 Å². The third-order valence-electron chi connectivity index (χ3n) is 6.45. The molecule has 0 bridgehead atoms. The maximum atomic E-state index is 13.5. The molecule has 2 atom stereocenters. The summed E-state index contributed by atoms with van der Waals surface area (Å²) in [7, 11) is 1.38. The summed E-state index contributed by atoms with van der Waals surface area (Å²) in [5.41, 5.74) is -4.47. The normalized spacial score (nSPS) is 19.1. The van der Waals surface area contributed by atoms with E-state index in [9.17, 15) is 41.0 Å². The molecular weight excluding hydrogens is 478 g/mol. The van der Waals surface area contributed by atoms with Gasteiger partial charge >= 0.3 is 18.4 Å². The van der Waals surface area contributed by atoms with Gasteiger partial charge in [-0.2, -0.15) is 26.3 Å². The molecule has 0 spiro atoms. The Balaban J connectivity index is 2.01. The predicted molar refractivity (Wildman–Crippen MR) is 115 cm³/mol. The van der Waals surface area contributed by atoms with Crippen LogP contribution in [0.25, 0.3) is 0 Å². The second-order valence-corrected chi connectivity index (χ2v) is 9.11. The number of halogens is 6. The summed E-state index contributed by atoms with van der Waals surface area (Å²) in [4.78, 5) is 27.5. The molecule has 0 aromatic heterocycles. The minimum Gasteiger partial charge on any atom is -0.465 e. The molecule has 3 rings (SSSR count). The van der Waals surface area contributed by atoms with E-state index >= 15 is 0 Å². The first kappa shape index (κ1) is 26.4. The lowest BCUT2D eigenvalue weighted by atomic mass is 9.80. The van der Waals surface area contributed by atoms with Gasteiger partial charge in [0.2, 0.25) is 5.91 Å². The van der Waals surface area contributed by atoms with Crippen molar-refractivity contribution in [2.24, 2.45) is 0 Å². The molecule has 5 nitrogen and oxygen atoms in total. The van der Waals surface area contributed by atoms with E-state index < -0.39 is 58.4 Å². The van der Waals surface area contributed by atoms with Crippen molar-refractivity contribution >= 4 is 12.0 Å². The smallest absolute Gasteiger partial charge is 0.416 e. The molecule has 2 aromatic carbocycles. The van der Waals surface area contributed by atoms with Gasteiger partial charge in [0.05, 0.1) is 22.6 Å². The lowest BCUT2D eigenvalue weighted by Crippen LogP contribution is -2.49. The van der Waals surface area contributed by atoms with Crippen molar-refractivity contribution in [2.75, 3.05) is 20.1 Å². The molecule has 2 amide bonds. The van der Waals surface area contributed by atoms with Crippen LogP contribution in [0.2, 0.25) is 0 Å². The van der Waals surface area contributed by atoms with Gasteiger partial charge in [0, 0.05) is 26.1 Å². The van der Waals surface area contributed by atoms with Crippen LogP contribution in [0, 0.1) is 0 Å². The molecule has 35 heavy (non-hydrogen) atoms. The van der Waals surface area contributed by atoms with Gasteiger partial charge in [-0.3, -0.25) is 4.79 Å². The zero-order valence-corrected chi connectivity index (χ0v) is 19.1. The molecular formula is C24H24F6N2O3. The molecule has 0 radical (unpaired) electrons. The topological polar surface area (TPSA) is 60.9 Å². The maximum Gasteiger partial charge on any atom is 0.416 e. The van der Waals surface area contributed by atoms with Gasteiger partial charge in [-0.25, -0.2) is 4.79 Å². The highest BCUT2D eigenvalue weighted by atomic mass is 19.4. The third kappa shape index (κ3) is 5.38.